The summed E-state index contributed by atoms with van der Waals surface area (Å²) >= 11 is 0. The van der Waals surface area contributed by atoms with Gasteiger partial charge >= 0.3 is 12.1 Å². The number of rotatable bonds is 10. The minimum Gasteiger partial charge on any atom is -0.459 e. The maximum atomic E-state index is 12.8. The Labute approximate surface area is 205 Å². The molecule has 0 bridgehead atoms. The third-order valence-electron chi connectivity index (χ3n) is 4.67. The first-order chi connectivity index (χ1) is 16.5. The number of carbonyl (C=O) groups is 4. The number of amides is 3. The summed E-state index contributed by atoms with van der Waals surface area (Å²) in [6.07, 6.45) is -0.519. The van der Waals surface area contributed by atoms with E-state index in [9.17, 15) is 19.2 Å². The minimum absolute atomic E-state index is 0.0729. The van der Waals surface area contributed by atoms with Gasteiger partial charge in [-0.1, -0.05) is 60.7 Å². The van der Waals surface area contributed by atoms with Crippen LogP contribution >= 0.6 is 0 Å². The van der Waals surface area contributed by atoms with Gasteiger partial charge in [0.2, 0.25) is 11.8 Å². The van der Waals surface area contributed by atoms with E-state index in [1.165, 1.54) is 6.92 Å². The third kappa shape index (κ3) is 10.7. The molecule has 9 heteroatoms. The molecule has 2 aromatic carbocycles. The molecule has 0 saturated carbocycles. The van der Waals surface area contributed by atoms with Gasteiger partial charge in [-0.25, -0.2) is 9.59 Å². The van der Waals surface area contributed by atoms with Crippen molar-refractivity contribution < 1.29 is 28.7 Å². The predicted molar refractivity (Wildman–Crippen MR) is 130 cm³/mol. The Morgan fingerprint density at radius 3 is 2.00 bits per heavy atom. The topological polar surface area (TPSA) is 123 Å². The lowest BCUT2D eigenvalue weighted by molar-refractivity contribution is -0.149. The zero-order chi connectivity index (χ0) is 25.8. The van der Waals surface area contributed by atoms with Gasteiger partial charge in [-0.2, -0.15) is 0 Å². The van der Waals surface area contributed by atoms with Crippen LogP contribution in [-0.4, -0.2) is 48.1 Å². The lowest BCUT2D eigenvalue weighted by atomic mass is 10.1. The van der Waals surface area contributed by atoms with Gasteiger partial charge in [-0.3, -0.25) is 9.59 Å². The standard InChI is InChI=1S/C26H33N3O6/c1-18(28-22(30)16-27-25(33)35-26(2,3)4)23(31)29-21(15-19-11-7-5-8-12-19)24(32)34-17-20-13-9-6-10-14-20/h5-14,18,21H,15-17H2,1-4H3,(H,27,33)(H,28,30)(H,29,31)/t18-,21-/m0/s1. The number of benzene rings is 2. The van der Waals surface area contributed by atoms with Crippen LogP contribution in [0.1, 0.15) is 38.8 Å². The molecule has 0 aliphatic heterocycles. The number of carbonyl (C=O) groups excluding carboxylic acids is 4. The number of hydrogen-bond donors (Lipinski definition) is 3. The van der Waals surface area contributed by atoms with Gasteiger partial charge in [0.25, 0.3) is 0 Å². The highest BCUT2D eigenvalue weighted by Gasteiger charge is 2.26. The van der Waals surface area contributed by atoms with Gasteiger partial charge in [0.1, 0.15) is 30.8 Å². The van der Waals surface area contributed by atoms with E-state index in [1.54, 1.807) is 20.8 Å². The maximum Gasteiger partial charge on any atom is 0.408 e. The minimum atomic E-state index is -0.955. The van der Waals surface area contributed by atoms with E-state index in [-0.39, 0.29) is 19.6 Å². The molecule has 3 N–H and O–H groups in total. The highest BCUT2D eigenvalue weighted by molar-refractivity contribution is 5.91. The van der Waals surface area contributed by atoms with Crippen molar-refractivity contribution in [1.29, 1.82) is 0 Å². The van der Waals surface area contributed by atoms with E-state index in [4.69, 9.17) is 9.47 Å². The molecule has 0 aliphatic carbocycles. The molecular formula is C26H33N3O6. The fourth-order valence-corrected chi connectivity index (χ4v) is 2.99. The largest absolute Gasteiger partial charge is 0.459 e. The Balaban J connectivity index is 1.94. The second kappa shape index (κ2) is 13.1. The summed E-state index contributed by atoms with van der Waals surface area (Å²) in [5.74, 6) is -1.73. The van der Waals surface area contributed by atoms with Gasteiger partial charge in [-0.15, -0.1) is 0 Å². The summed E-state index contributed by atoms with van der Waals surface area (Å²) in [4.78, 5) is 49.4. The highest BCUT2D eigenvalue weighted by atomic mass is 16.6. The SMILES string of the molecule is C[C@H](NC(=O)CNC(=O)OC(C)(C)C)C(=O)N[C@@H](Cc1ccccc1)C(=O)OCc1ccccc1. The summed E-state index contributed by atoms with van der Waals surface area (Å²) in [5, 5.41) is 7.48. The fourth-order valence-electron chi connectivity index (χ4n) is 2.99. The monoisotopic (exact) mass is 483 g/mol. The van der Waals surface area contributed by atoms with Crippen molar-refractivity contribution in [2.75, 3.05) is 6.54 Å². The molecule has 3 amide bonds. The molecule has 9 nitrogen and oxygen atoms in total. The molecule has 0 aromatic heterocycles. The Bertz CT molecular complexity index is 989. The molecule has 2 rings (SSSR count). The van der Waals surface area contributed by atoms with Crippen molar-refractivity contribution in [3.63, 3.8) is 0 Å². The molecule has 0 unspecified atom stereocenters. The lowest BCUT2D eigenvalue weighted by Crippen LogP contribution is -2.52. The molecule has 0 heterocycles. The third-order valence-corrected chi connectivity index (χ3v) is 4.67. The van der Waals surface area contributed by atoms with Crippen molar-refractivity contribution in [3.8, 4) is 0 Å². The Hall–Kier alpha value is -3.88. The Morgan fingerprint density at radius 1 is 0.857 bits per heavy atom. The van der Waals surface area contributed by atoms with Gasteiger partial charge in [-0.05, 0) is 38.8 Å². The van der Waals surface area contributed by atoms with Gasteiger partial charge in [0.05, 0.1) is 0 Å². The molecule has 0 fully saturated rings. The first kappa shape index (κ1) is 27.4. The van der Waals surface area contributed by atoms with Crippen molar-refractivity contribution in [3.05, 3.63) is 71.8 Å². The lowest BCUT2D eigenvalue weighted by Gasteiger charge is -2.21. The smallest absolute Gasteiger partial charge is 0.408 e. The quantitative estimate of drug-likeness (QED) is 0.446. The van der Waals surface area contributed by atoms with Crippen molar-refractivity contribution in [1.82, 2.24) is 16.0 Å². The highest BCUT2D eigenvalue weighted by Crippen LogP contribution is 2.08. The fraction of sp³-hybridized carbons (Fsp3) is 0.385. The molecule has 0 aliphatic rings. The molecule has 0 spiro atoms. The van der Waals surface area contributed by atoms with Crippen molar-refractivity contribution in [2.45, 2.75) is 58.4 Å². The second-order valence-corrected chi connectivity index (χ2v) is 8.99. The number of esters is 1. The summed E-state index contributed by atoms with van der Waals surface area (Å²) in [6.45, 7) is 6.31. The number of nitrogens with one attached hydrogen (secondary N) is 3. The average molecular weight is 484 g/mol. The molecule has 2 aromatic rings. The van der Waals surface area contributed by atoms with E-state index in [0.717, 1.165) is 11.1 Å². The van der Waals surface area contributed by atoms with Gasteiger partial charge < -0.3 is 25.4 Å². The second-order valence-electron chi connectivity index (χ2n) is 8.99. The predicted octanol–water partition coefficient (Wildman–Crippen LogP) is 2.49. The normalized spacial score (nSPS) is 12.6. The molecule has 2 atom stereocenters. The molecule has 0 radical (unpaired) electrons. The molecule has 0 saturated heterocycles. The number of alkyl carbamates (subject to hydrolysis) is 1. The van der Waals surface area contributed by atoms with Crippen LogP contribution in [0.3, 0.4) is 0 Å². The molecule has 35 heavy (non-hydrogen) atoms. The van der Waals surface area contributed by atoms with Crippen LogP contribution in [0.5, 0.6) is 0 Å². The Kier molecular flexibility index (Phi) is 10.3. The van der Waals surface area contributed by atoms with Crippen LogP contribution in [0, 0.1) is 0 Å². The van der Waals surface area contributed by atoms with Crippen LogP contribution in [0.2, 0.25) is 0 Å². The summed E-state index contributed by atoms with van der Waals surface area (Å²) < 4.78 is 10.5. The number of hydrogen-bond acceptors (Lipinski definition) is 6. The first-order valence-corrected chi connectivity index (χ1v) is 11.3. The number of ether oxygens (including phenoxy) is 2. The van der Waals surface area contributed by atoms with Crippen molar-refractivity contribution in [2.24, 2.45) is 0 Å². The van der Waals surface area contributed by atoms with Crippen LogP contribution in [0.4, 0.5) is 4.79 Å². The van der Waals surface area contributed by atoms with E-state index in [2.05, 4.69) is 16.0 Å². The van der Waals surface area contributed by atoms with E-state index in [1.807, 2.05) is 60.7 Å². The van der Waals surface area contributed by atoms with Crippen LogP contribution in [0.25, 0.3) is 0 Å². The van der Waals surface area contributed by atoms with E-state index in [0.29, 0.717) is 0 Å². The zero-order valence-corrected chi connectivity index (χ0v) is 20.5. The van der Waals surface area contributed by atoms with Crippen LogP contribution in [0.15, 0.2) is 60.7 Å². The van der Waals surface area contributed by atoms with Crippen LogP contribution < -0.4 is 16.0 Å². The van der Waals surface area contributed by atoms with Gasteiger partial charge in [0, 0.05) is 6.42 Å². The molecular weight excluding hydrogens is 450 g/mol. The summed E-state index contributed by atoms with van der Waals surface area (Å²) in [7, 11) is 0. The summed E-state index contributed by atoms with van der Waals surface area (Å²) in [5.41, 5.74) is 0.966. The maximum absolute atomic E-state index is 12.8. The van der Waals surface area contributed by atoms with Gasteiger partial charge in [0.15, 0.2) is 0 Å². The first-order valence-electron chi connectivity index (χ1n) is 11.3. The average Bonchev–Trinajstić information content (AvgIpc) is 2.81. The molecule has 188 valence electrons. The Morgan fingerprint density at radius 2 is 1.43 bits per heavy atom. The van der Waals surface area contributed by atoms with Crippen LogP contribution in [-0.2, 0) is 36.9 Å². The van der Waals surface area contributed by atoms with Crippen molar-refractivity contribution >= 4 is 23.9 Å². The van der Waals surface area contributed by atoms with E-state index >= 15 is 0 Å². The van der Waals surface area contributed by atoms with E-state index < -0.39 is 41.6 Å². The zero-order valence-electron chi connectivity index (χ0n) is 20.5. The summed E-state index contributed by atoms with van der Waals surface area (Å²) in [6, 6.07) is 16.5.